The summed E-state index contributed by atoms with van der Waals surface area (Å²) < 4.78 is 30.0. The molecule has 2 unspecified atom stereocenters. The quantitative estimate of drug-likeness (QED) is 0.397. The smallest absolute Gasteiger partial charge is 0.221 e. The maximum Gasteiger partial charge on any atom is 0.221 e. The highest BCUT2D eigenvalue weighted by Crippen LogP contribution is 2.36. The van der Waals surface area contributed by atoms with Crippen molar-refractivity contribution in [3.63, 3.8) is 0 Å². The highest BCUT2D eigenvalue weighted by atomic mass is 32.2. The van der Waals surface area contributed by atoms with Gasteiger partial charge >= 0.3 is 0 Å². The molecule has 3 heterocycles. The molecule has 2 aromatic carbocycles. The third kappa shape index (κ3) is 4.93. The van der Waals surface area contributed by atoms with Gasteiger partial charge < -0.3 is 10.1 Å². The lowest BCUT2D eigenvalue weighted by Crippen LogP contribution is -2.43. The van der Waals surface area contributed by atoms with Crippen molar-refractivity contribution in [2.75, 3.05) is 12.4 Å². The zero-order valence-corrected chi connectivity index (χ0v) is 21.2. The van der Waals surface area contributed by atoms with Crippen LogP contribution in [0.4, 0.5) is 5.82 Å². The number of fused-ring (bicyclic) bond motifs is 1. The fraction of sp³-hybridized carbons (Fsp3) is 0.185. The van der Waals surface area contributed by atoms with Crippen LogP contribution in [-0.4, -0.2) is 41.6 Å². The van der Waals surface area contributed by atoms with Crippen molar-refractivity contribution in [2.24, 2.45) is 16.0 Å². The number of hydrogen-bond donors (Lipinski definition) is 2. The lowest BCUT2D eigenvalue weighted by atomic mass is 9.94. The van der Waals surface area contributed by atoms with Crippen molar-refractivity contribution >= 4 is 38.2 Å². The molecule has 0 saturated heterocycles. The minimum absolute atomic E-state index is 0.0411. The van der Waals surface area contributed by atoms with Crippen LogP contribution in [0.25, 0.3) is 27.6 Å². The molecule has 0 fully saturated rings. The third-order valence-electron chi connectivity index (χ3n) is 6.31. The van der Waals surface area contributed by atoms with Crippen LogP contribution in [0.1, 0.15) is 18.4 Å². The normalized spacial score (nSPS) is 17.7. The Morgan fingerprint density at radius 3 is 2.49 bits per heavy atom. The molecule has 5 rings (SSSR count). The average Bonchev–Trinajstić information content (AvgIpc) is 2.91. The van der Waals surface area contributed by atoms with E-state index in [2.05, 4.69) is 15.3 Å². The Labute approximate surface area is 215 Å². The number of nitrogens with two attached hydrogens (primary N) is 1. The molecule has 0 bridgehead atoms. The number of aliphatic imine (C=N–C) groups is 1. The molecule has 1 aliphatic heterocycles. The molecule has 0 spiro atoms. The average molecular weight is 515 g/mol. The first-order valence-electron chi connectivity index (χ1n) is 11.7. The minimum atomic E-state index is -3.99. The lowest BCUT2D eigenvalue weighted by molar-refractivity contribution is 0.381. The largest absolute Gasteiger partial charge is 0.483 e. The van der Waals surface area contributed by atoms with Crippen molar-refractivity contribution in [1.29, 1.82) is 0 Å². The van der Waals surface area contributed by atoms with E-state index in [0.29, 0.717) is 29.3 Å². The summed E-state index contributed by atoms with van der Waals surface area (Å²) in [5, 5.41) is 8.68. The fourth-order valence-corrected chi connectivity index (χ4v) is 5.69. The first-order chi connectivity index (χ1) is 17.9. The number of methoxy groups -OCH3 is 1. The molecule has 37 heavy (non-hydrogen) atoms. The summed E-state index contributed by atoms with van der Waals surface area (Å²) in [6.07, 6.45) is 3.29. The summed E-state index contributed by atoms with van der Waals surface area (Å²) in [5.41, 5.74) is 4.10. The van der Waals surface area contributed by atoms with Crippen LogP contribution in [0.5, 0.6) is 0 Å². The predicted octanol–water partition coefficient (Wildman–Crippen LogP) is 4.00. The summed E-state index contributed by atoms with van der Waals surface area (Å²) >= 11 is 0. The number of hydrogen-bond acceptors (Lipinski definition) is 8. The van der Waals surface area contributed by atoms with E-state index in [1.54, 1.807) is 19.3 Å². The summed E-state index contributed by atoms with van der Waals surface area (Å²) in [6, 6.07) is 21.6. The molecule has 2 atom stereocenters. The maximum absolute atomic E-state index is 12.4. The van der Waals surface area contributed by atoms with Gasteiger partial charge in [0.1, 0.15) is 5.82 Å². The second kappa shape index (κ2) is 10.1. The van der Waals surface area contributed by atoms with Crippen molar-refractivity contribution in [1.82, 2.24) is 15.0 Å². The molecule has 10 heteroatoms. The molecule has 9 nitrogen and oxygen atoms in total. The Bertz CT molecular complexity index is 1610. The number of rotatable bonds is 6. The SMILES string of the molecule is COC1=NC=C(c2nc(NCc3ccccn3)c3c(-c4ccccc4)cccc3n2)C(C)C1S(N)(=O)=O. The molecular formula is C27H26N6O3S. The van der Waals surface area contributed by atoms with E-state index in [1.807, 2.05) is 66.7 Å². The summed E-state index contributed by atoms with van der Waals surface area (Å²) in [4.78, 5) is 18.4. The highest BCUT2D eigenvalue weighted by Gasteiger charge is 2.39. The first-order valence-corrected chi connectivity index (χ1v) is 13.3. The van der Waals surface area contributed by atoms with Gasteiger partial charge in [-0.15, -0.1) is 0 Å². The van der Waals surface area contributed by atoms with Crippen molar-refractivity contribution < 1.29 is 13.2 Å². The summed E-state index contributed by atoms with van der Waals surface area (Å²) in [7, 11) is -2.62. The van der Waals surface area contributed by atoms with E-state index < -0.39 is 21.2 Å². The molecule has 4 aromatic rings. The first kappa shape index (κ1) is 24.5. The number of benzene rings is 2. The van der Waals surface area contributed by atoms with Gasteiger partial charge in [-0.2, -0.15) is 0 Å². The Morgan fingerprint density at radius 2 is 1.78 bits per heavy atom. The van der Waals surface area contributed by atoms with Crippen LogP contribution in [0, 0.1) is 5.92 Å². The Morgan fingerprint density at radius 1 is 1.00 bits per heavy atom. The summed E-state index contributed by atoms with van der Waals surface area (Å²) in [5.74, 6) is 0.424. The Balaban J connectivity index is 1.68. The number of aromatic nitrogens is 3. The van der Waals surface area contributed by atoms with Gasteiger partial charge in [-0.25, -0.2) is 28.5 Å². The van der Waals surface area contributed by atoms with Gasteiger partial charge in [0.25, 0.3) is 0 Å². The number of pyridine rings is 1. The topological polar surface area (TPSA) is 132 Å². The number of nitrogens with zero attached hydrogens (tertiary/aromatic N) is 4. The zero-order valence-electron chi connectivity index (χ0n) is 20.4. The monoisotopic (exact) mass is 514 g/mol. The van der Waals surface area contributed by atoms with E-state index in [0.717, 1.165) is 22.2 Å². The molecule has 0 amide bonds. The fourth-order valence-electron chi connectivity index (χ4n) is 4.53. The molecular weight excluding hydrogens is 488 g/mol. The van der Waals surface area contributed by atoms with Gasteiger partial charge in [0.05, 0.1) is 30.3 Å². The van der Waals surface area contributed by atoms with Gasteiger partial charge in [-0.05, 0) is 29.3 Å². The van der Waals surface area contributed by atoms with Crippen molar-refractivity contribution in [2.45, 2.75) is 18.7 Å². The predicted molar refractivity (Wildman–Crippen MR) is 145 cm³/mol. The molecule has 188 valence electrons. The summed E-state index contributed by atoms with van der Waals surface area (Å²) in [6.45, 7) is 2.19. The second-order valence-corrected chi connectivity index (χ2v) is 10.4. The van der Waals surface area contributed by atoms with Crippen LogP contribution in [-0.2, 0) is 21.3 Å². The van der Waals surface area contributed by atoms with Gasteiger partial charge in [-0.1, -0.05) is 55.5 Å². The van der Waals surface area contributed by atoms with E-state index in [1.165, 1.54) is 7.11 Å². The number of nitrogens with one attached hydrogen (secondary N) is 1. The van der Waals surface area contributed by atoms with Crippen LogP contribution in [0.3, 0.4) is 0 Å². The van der Waals surface area contributed by atoms with E-state index in [9.17, 15) is 8.42 Å². The number of primary sulfonamides is 1. The number of anilines is 1. The number of sulfonamides is 1. The van der Waals surface area contributed by atoms with E-state index >= 15 is 0 Å². The van der Waals surface area contributed by atoms with Crippen molar-refractivity contribution in [3.05, 3.63) is 90.6 Å². The Kier molecular flexibility index (Phi) is 6.68. The second-order valence-electron chi connectivity index (χ2n) is 8.69. The highest BCUT2D eigenvalue weighted by molar-refractivity contribution is 7.90. The van der Waals surface area contributed by atoms with E-state index in [-0.39, 0.29) is 5.90 Å². The van der Waals surface area contributed by atoms with Crippen molar-refractivity contribution in [3.8, 4) is 11.1 Å². The molecule has 0 saturated carbocycles. The standard InChI is InChI=1S/C27H26N6O3S/c1-17-21(16-31-27(36-2)24(17)37(28,34)35)25-32-22-13-8-12-20(18-9-4-3-5-10-18)23(22)26(33-25)30-15-19-11-6-7-14-29-19/h3-14,16-17,24H,15H2,1-2H3,(H2,28,34,35)(H,30,32,33). The van der Waals surface area contributed by atoms with Gasteiger partial charge in [0, 0.05) is 23.9 Å². The van der Waals surface area contributed by atoms with Gasteiger partial charge in [-0.3, -0.25) is 4.98 Å². The number of allylic oxidation sites excluding steroid dienone is 1. The van der Waals surface area contributed by atoms with Crippen LogP contribution < -0.4 is 10.5 Å². The molecule has 3 N–H and O–H groups in total. The lowest BCUT2D eigenvalue weighted by Gasteiger charge is -2.27. The van der Waals surface area contributed by atoms with E-state index in [4.69, 9.17) is 19.8 Å². The minimum Gasteiger partial charge on any atom is -0.483 e. The Hall–Kier alpha value is -4.15. The molecule has 1 aliphatic rings. The zero-order chi connectivity index (χ0) is 26.0. The van der Waals surface area contributed by atoms with Crippen LogP contribution in [0.2, 0.25) is 0 Å². The molecule has 0 aliphatic carbocycles. The molecule has 0 radical (unpaired) electrons. The van der Waals surface area contributed by atoms with Crippen LogP contribution >= 0.6 is 0 Å². The molecule has 2 aromatic heterocycles. The maximum atomic E-state index is 12.4. The van der Waals surface area contributed by atoms with Crippen LogP contribution in [0.15, 0.2) is 84.1 Å². The van der Waals surface area contributed by atoms with Gasteiger partial charge in [0.2, 0.25) is 15.9 Å². The third-order valence-corrected chi connectivity index (χ3v) is 7.63. The van der Waals surface area contributed by atoms with Gasteiger partial charge in [0.15, 0.2) is 11.1 Å². The number of ether oxygens (including phenoxy) is 1.